The zero-order valence-electron chi connectivity index (χ0n) is 19.5. The van der Waals surface area contributed by atoms with Gasteiger partial charge >= 0.3 is 0 Å². The van der Waals surface area contributed by atoms with E-state index >= 15 is 0 Å². The van der Waals surface area contributed by atoms with Gasteiger partial charge in [-0.3, -0.25) is 4.79 Å². The van der Waals surface area contributed by atoms with Crippen molar-refractivity contribution in [3.05, 3.63) is 52.2 Å². The van der Waals surface area contributed by atoms with Crippen molar-refractivity contribution in [1.29, 1.82) is 0 Å². The Labute approximate surface area is 196 Å². The second kappa shape index (κ2) is 9.87. The van der Waals surface area contributed by atoms with E-state index in [0.717, 1.165) is 25.3 Å². The van der Waals surface area contributed by atoms with E-state index in [1.54, 1.807) is 13.8 Å². The summed E-state index contributed by atoms with van der Waals surface area (Å²) in [4.78, 5) is 21.8. The molecule has 1 aliphatic carbocycles. The van der Waals surface area contributed by atoms with Gasteiger partial charge < -0.3 is 20.1 Å². The van der Waals surface area contributed by atoms with Crippen LogP contribution in [0.2, 0.25) is 0 Å². The normalized spacial score (nSPS) is 18.2. The molecule has 184 valence electrons. The highest BCUT2D eigenvalue weighted by Crippen LogP contribution is 2.39. The molecule has 1 saturated heterocycles. The number of aromatic nitrogens is 2. The van der Waals surface area contributed by atoms with Crippen molar-refractivity contribution in [3.63, 3.8) is 0 Å². The SMILES string of the molecule is CCC1(NC(=O)Cc2nc(C)nc(N[C@H](C)c3cccc(C(F)F)c3F)c2C2OCCO2)CC1. The molecule has 1 amide bonds. The lowest BCUT2D eigenvalue weighted by molar-refractivity contribution is -0.121. The zero-order valence-corrected chi connectivity index (χ0v) is 19.5. The number of nitrogens with zero attached hydrogens (tertiary/aromatic N) is 2. The molecule has 2 aliphatic rings. The van der Waals surface area contributed by atoms with Gasteiger partial charge in [0, 0.05) is 11.1 Å². The molecule has 2 heterocycles. The number of amides is 1. The number of anilines is 1. The van der Waals surface area contributed by atoms with Gasteiger partial charge in [0.25, 0.3) is 6.43 Å². The van der Waals surface area contributed by atoms with Crippen molar-refractivity contribution >= 4 is 11.7 Å². The van der Waals surface area contributed by atoms with E-state index in [1.807, 2.05) is 6.92 Å². The van der Waals surface area contributed by atoms with Crippen LogP contribution in [0.1, 0.15) is 80.1 Å². The molecule has 1 atom stereocenters. The van der Waals surface area contributed by atoms with Gasteiger partial charge in [0.05, 0.1) is 42.5 Å². The number of alkyl halides is 2. The van der Waals surface area contributed by atoms with Crippen LogP contribution in [0.4, 0.5) is 19.0 Å². The quantitative estimate of drug-likeness (QED) is 0.544. The summed E-state index contributed by atoms with van der Waals surface area (Å²) in [7, 11) is 0. The number of rotatable bonds is 9. The van der Waals surface area contributed by atoms with E-state index in [0.29, 0.717) is 36.1 Å². The summed E-state index contributed by atoms with van der Waals surface area (Å²) in [6.07, 6.45) is -0.956. The largest absolute Gasteiger partial charge is 0.363 e. The summed E-state index contributed by atoms with van der Waals surface area (Å²) >= 11 is 0. The molecule has 0 radical (unpaired) electrons. The first kappa shape index (κ1) is 24.4. The van der Waals surface area contributed by atoms with Gasteiger partial charge in [0.15, 0.2) is 6.29 Å². The lowest BCUT2D eigenvalue weighted by Crippen LogP contribution is -2.37. The first-order chi connectivity index (χ1) is 16.2. The predicted octanol–water partition coefficient (Wildman–Crippen LogP) is 4.68. The Bertz CT molecular complexity index is 1060. The van der Waals surface area contributed by atoms with Gasteiger partial charge in [-0.15, -0.1) is 0 Å². The number of ether oxygens (including phenoxy) is 2. The van der Waals surface area contributed by atoms with Crippen LogP contribution in [0.3, 0.4) is 0 Å². The van der Waals surface area contributed by atoms with Crippen LogP contribution in [-0.2, 0) is 20.7 Å². The van der Waals surface area contributed by atoms with Gasteiger partial charge in [-0.25, -0.2) is 23.1 Å². The zero-order chi connectivity index (χ0) is 24.5. The number of aryl methyl sites for hydroxylation is 1. The van der Waals surface area contributed by atoms with Crippen molar-refractivity contribution in [2.24, 2.45) is 0 Å². The average Bonchev–Trinajstić information content (AvgIpc) is 3.33. The van der Waals surface area contributed by atoms with Crippen molar-refractivity contribution < 1.29 is 27.4 Å². The highest BCUT2D eigenvalue weighted by atomic mass is 19.3. The number of nitrogens with one attached hydrogen (secondary N) is 2. The van der Waals surface area contributed by atoms with E-state index in [1.165, 1.54) is 12.1 Å². The third-order valence-electron chi connectivity index (χ3n) is 6.37. The van der Waals surface area contributed by atoms with Crippen LogP contribution in [0.15, 0.2) is 18.2 Å². The van der Waals surface area contributed by atoms with Crippen LogP contribution in [0.25, 0.3) is 0 Å². The van der Waals surface area contributed by atoms with Crippen LogP contribution in [0, 0.1) is 12.7 Å². The Morgan fingerprint density at radius 1 is 1.21 bits per heavy atom. The van der Waals surface area contributed by atoms with E-state index < -0.39 is 30.1 Å². The molecule has 1 aromatic heterocycles. The van der Waals surface area contributed by atoms with Crippen LogP contribution in [-0.4, -0.2) is 34.6 Å². The first-order valence-corrected chi connectivity index (χ1v) is 11.5. The van der Waals surface area contributed by atoms with Crippen LogP contribution in [0.5, 0.6) is 0 Å². The minimum atomic E-state index is -2.92. The fraction of sp³-hybridized carbons (Fsp3) is 0.542. The number of carbonyl (C=O) groups excluding carboxylic acids is 1. The molecule has 10 heteroatoms. The Morgan fingerprint density at radius 2 is 1.88 bits per heavy atom. The minimum absolute atomic E-state index is 0.00194. The Hall–Kier alpha value is -2.72. The van der Waals surface area contributed by atoms with E-state index in [-0.39, 0.29) is 23.4 Å². The van der Waals surface area contributed by atoms with Crippen LogP contribution < -0.4 is 10.6 Å². The maximum Gasteiger partial charge on any atom is 0.266 e. The minimum Gasteiger partial charge on any atom is -0.363 e. The van der Waals surface area contributed by atoms with Crippen molar-refractivity contribution in [1.82, 2.24) is 15.3 Å². The van der Waals surface area contributed by atoms with Gasteiger partial charge in [-0.05, 0) is 33.1 Å². The summed E-state index contributed by atoms with van der Waals surface area (Å²) in [5, 5.41) is 6.20. The summed E-state index contributed by atoms with van der Waals surface area (Å²) in [5.74, 6) is -0.413. The summed E-state index contributed by atoms with van der Waals surface area (Å²) in [6, 6.07) is 3.20. The molecule has 7 nitrogen and oxygen atoms in total. The summed E-state index contributed by atoms with van der Waals surface area (Å²) in [5.41, 5.74) is 0.182. The molecule has 2 N–H and O–H groups in total. The number of benzene rings is 1. The first-order valence-electron chi connectivity index (χ1n) is 11.5. The predicted molar refractivity (Wildman–Crippen MR) is 119 cm³/mol. The molecule has 2 fully saturated rings. The summed E-state index contributed by atoms with van der Waals surface area (Å²) < 4.78 is 52.5. The molecule has 0 bridgehead atoms. The number of halogens is 3. The van der Waals surface area contributed by atoms with Crippen molar-refractivity contribution in [2.45, 2.75) is 70.8 Å². The molecular formula is C24H29F3N4O3. The number of carbonyl (C=O) groups is 1. The fourth-order valence-corrected chi connectivity index (χ4v) is 4.22. The third kappa shape index (κ3) is 5.17. The summed E-state index contributed by atoms with van der Waals surface area (Å²) in [6.45, 7) is 6.10. The molecular weight excluding hydrogens is 449 g/mol. The lowest BCUT2D eigenvalue weighted by Gasteiger charge is -2.23. The van der Waals surface area contributed by atoms with E-state index in [9.17, 15) is 18.0 Å². The Kier molecular flexibility index (Phi) is 7.09. The second-order valence-corrected chi connectivity index (χ2v) is 8.83. The van der Waals surface area contributed by atoms with Gasteiger partial charge in [0.1, 0.15) is 17.5 Å². The molecule has 34 heavy (non-hydrogen) atoms. The van der Waals surface area contributed by atoms with Crippen molar-refractivity contribution in [2.75, 3.05) is 18.5 Å². The molecule has 1 aromatic carbocycles. The second-order valence-electron chi connectivity index (χ2n) is 8.83. The molecule has 4 rings (SSSR count). The van der Waals surface area contributed by atoms with Crippen LogP contribution >= 0.6 is 0 Å². The standard InChI is InChI=1S/C24H29F3N4O3/c1-4-24(8-9-24)31-18(32)12-17-19(23-33-10-11-34-23)22(30-14(3)29-17)28-13(2)15-6-5-7-16(20(15)25)21(26)27/h5-7,13,21,23H,4,8-12H2,1-3H3,(H,31,32)(H,28,29,30)/t13-/m1/s1. The van der Waals surface area contributed by atoms with Gasteiger partial charge in [-0.1, -0.05) is 25.1 Å². The highest BCUT2D eigenvalue weighted by Gasteiger charge is 2.42. The number of hydrogen-bond acceptors (Lipinski definition) is 6. The fourth-order valence-electron chi connectivity index (χ4n) is 4.22. The molecule has 1 saturated carbocycles. The third-order valence-corrected chi connectivity index (χ3v) is 6.37. The van der Waals surface area contributed by atoms with Gasteiger partial charge in [-0.2, -0.15) is 0 Å². The highest BCUT2D eigenvalue weighted by molar-refractivity contribution is 5.80. The topological polar surface area (TPSA) is 85.4 Å². The number of hydrogen-bond donors (Lipinski definition) is 2. The monoisotopic (exact) mass is 478 g/mol. The molecule has 2 aromatic rings. The van der Waals surface area contributed by atoms with Crippen molar-refractivity contribution in [3.8, 4) is 0 Å². The average molecular weight is 479 g/mol. The van der Waals surface area contributed by atoms with Gasteiger partial charge in [0.2, 0.25) is 5.91 Å². The molecule has 0 spiro atoms. The molecule has 0 unspecified atom stereocenters. The maximum absolute atomic E-state index is 14.8. The van der Waals surface area contributed by atoms with E-state index in [4.69, 9.17) is 9.47 Å². The Balaban J connectivity index is 1.65. The smallest absolute Gasteiger partial charge is 0.266 e. The maximum atomic E-state index is 14.8. The Morgan fingerprint density at radius 3 is 2.50 bits per heavy atom. The van der Waals surface area contributed by atoms with E-state index in [2.05, 4.69) is 20.6 Å². The molecule has 1 aliphatic heterocycles. The lowest BCUT2D eigenvalue weighted by atomic mass is 10.0.